The molecule has 3 aromatic rings. The Kier molecular flexibility index (Phi) is 2.69. The molecule has 1 atom stereocenters. The van der Waals surface area contributed by atoms with E-state index in [4.69, 9.17) is 0 Å². The molecule has 0 amide bonds. The molecular formula is C18H12N4O. The van der Waals surface area contributed by atoms with Gasteiger partial charge in [-0.1, -0.05) is 36.4 Å². The highest BCUT2D eigenvalue weighted by atomic mass is 16.1. The number of aromatic nitrogens is 3. The summed E-state index contributed by atoms with van der Waals surface area (Å²) >= 11 is 0. The van der Waals surface area contributed by atoms with E-state index in [0.717, 1.165) is 16.6 Å². The van der Waals surface area contributed by atoms with Gasteiger partial charge in [0.15, 0.2) is 0 Å². The molecule has 1 aliphatic carbocycles. The molecule has 0 spiro atoms. The van der Waals surface area contributed by atoms with Crippen LogP contribution in [0.4, 0.5) is 0 Å². The van der Waals surface area contributed by atoms with Crippen molar-refractivity contribution in [2.24, 2.45) is 0 Å². The fraction of sp³-hybridized carbons (Fsp3) is 0.111. The molecule has 5 heteroatoms. The van der Waals surface area contributed by atoms with Crippen molar-refractivity contribution in [3.05, 3.63) is 71.3 Å². The number of Topliss-reactive ketones (excluding diaryl/α,β-unsaturated/α-hetero) is 1. The quantitative estimate of drug-likeness (QED) is 0.693. The van der Waals surface area contributed by atoms with Crippen LogP contribution in [0.3, 0.4) is 0 Å². The lowest BCUT2D eigenvalue weighted by molar-refractivity contribution is 0.103. The fourth-order valence-electron chi connectivity index (χ4n) is 3.01. The summed E-state index contributed by atoms with van der Waals surface area (Å²) in [5, 5.41) is 18.4. The molecule has 1 aromatic heterocycles. The normalized spacial score (nSPS) is 20.0. The van der Waals surface area contributed by atoms with E-state index in [2.05, 4.69) is 10.2 Å². The third-order valence-corrected chi connectivity index (χ3v) is 4.21. The average molecular weight is 300 g/mol. The molecule has 1 aliphatic rings. The number of rotatable bonds is 1. The lowest BCUT2D eigenvalue weighted by Gasteiger charge is -2.31. The van der Waals surface area contributed by atoms with Gasteiger partial charge in [-0.05, 0) is 30.7 Å². The number of allylic oxidation sites excluding steroid dienone is 2. The molecule has 5 nitrogen and oxygen atoms in total. The van der Waals surface area contributed by atoms with Crippen molar-refractivity contribution in [1.29, 1.82) is 5.26 Å². The van der Waals surface area contributed by atoms with Gasteiger partial charge in [-0.15, -0.1) is 0 Å². The number of ketones is 1. The molecule has 0 radical (unpaired) electrons. The topological polar surface area (TPSA) is 71.6 Å². The average Bonchev–Trinajstić information content (AvgIpc) is 3.03. The number of benzene rings is 2. The van der Waals surface area contributed by atoms with Crippen molar-refractivity contribution in [2.75, 3.05) is 0 Å². The van der Waals surface area contributed by atoms with Crippen molar-refractivity contribution in [2.45, 2.75) is 12.5 Å². The molecule has 23 heavy (non-hydrogen) atoms. The standard InChI is InChI=1S/C18H12N4O/c1-18(22-20-15-8-4-5-9-16(15)21-22)10-12(11-19)17(23)13-6-2-3-7-14(13)18/h2-10H,1H3. The Labute approximate surface area is 132 Å². The Hall–Kier alpha value is -3.26. The van der Waals surface area contributed by atoms with E-state index in [9.17, 15) is 10.1 Å². The second-order valence-corrected chi connectivity index (χ2v) is 5.67. The maximum atomic E-state index is 12.4. The van der Waals surface area contributed by atoms with Gasteiger partial charge < -0.3 is 0 Å². The zero-order valence-corrected chi connectivity index (χ0v) is 12.4. The van der Waals surface area contributed by atoms with Crippen molar-refractivity contribution in [3.8, 4) is 6.07 Å². The highest BCUT2D eigenvalue weighted by Crippen LogP contribution is 2.36. The van der Waals surface area contributed by atoms with E-state index in [-0.39, 0.29) is 11.4 Å². The van der Waals surface area contributed by atoms with Crippen LogP contribution in [0.1, 0.15) is 22.8 Å². The van der Waals surface area contributed by atoms with Crippen LogP contribution in [-0.2, 0) is 5.54 Å². The van der Waals surface area contributed by atoms with Gasteiger partial charge in [0.05, 0.1) is 5.57 Å². The van der Waals surface area contributed by atoms with E-state index in [0.29, 0.717) is 5.56 Å². The van der Waals surface area contributed by atoms with E-state index in [1.54, 1.807) is 23.0 Å². The minimum absolute atomic E-state index is 0.118. The molecule has 1 unspecified atom stereocenters. The Morgan fingerprint density at radius 1 is 1.04 bits per heavy atom. The zero-order chi connectivity index (χ0) is 16.0. The second kappa shape index (κ2) is 4.62. The first-order valence-corrected chi connectivity index (χ1v) is 7.23. The van der Waals surface area contributed by atoms with Crippen molar-refractivity contribution >= 4 is 16.8 Å². The van der Waals surface area contributed by atoms with Crippen LogP contribution >= 0.6 is 0 Å². The maximum Gasteiger partial charge on any atom is 0.203 e. The van der Waals surface area contributed by atoms with Gasteiger partial charge in [0.2, 0.25) is 5.78 Å². The Balaban J connectivity index is 2.03. The van der Waals surface area contributed by atoms with Crippen LogP contribution in [0, 0.1) is 11.3 Å². The molecule has 0 bridgehead atoms. The Morgan fingerprint density at radius 3 is 2.30 bits per heavy atom. The molecule has 2 aromatic carbocycles. The van der Waals surface area contributed by atoms with Gasteiger partial charge in [-0.25, -0.2) is 0 Å². The lowest BCUT2D eigenvalue weighted by Crippen LogP contribution is -2.37. The lowest BCUT2D eigenvalue weighted by atomic mass is 9.79. The van der Waals surface area contributed by atoms with Crippen LogP contribution in [0.2, 0.25) is 0 Å². The minimum Gasteiger partial charge on any atom is -0.288 e. The highest BCUT2D eigenvalue weighted by molar-refractivity contribution is 6.13. The van der Waals surface area contributed by atoms with Gasteiger partial charge in [0.25, 0.3) is 0 Å². The Bertz CT molecular complexity index is 992. The number of hydrogen-bond donors (Lipinski definition) is 0. The number of carbonyl (C=O) groups excluding carboxylic acids is 1. The molecule has 110 valence electrons. The SMILES string of the molecule is CC1(n2nc3ccccc3n2)C=C(C#N)C(=O)c2ccccc21. The monoisotopic (exact) mass is 300 g/mol. The minimum atomic E-state index is -0.783. The molecule has 0 fully saturated rings. The number of carbonyl (C=O) groups is 1. The molecule has 0 aliphatic heterocycles. The van der Waals surface area contributed by atoms with Gasteiger partial charge in [-0.2, -0.15) is 20.3 Å². The van der Waals surface area contributed by atoms with Gasteiger partial charge in [-0.3, -0.25) is 4.79 Å². The van der Waals surface area contributed by atoms with Crippen LogP contribution in [0.15, 0.2) is 60.2 Å². The number of hydrogen-bond acceptors (Lipinski definition) is 4. The number of nitriles is 1. The first-order valence-electron chi connectivity index (χ1n) is 7.23. The summed E-state index contributed by atoms with van der Waals surface area (Å²) in [4.78, 5) is 14.0. The largest absolute Gasteiger partial charge is 0.288 e. The summed E-state index contributed by atoms with van der Waals surface area (Å²) in [6, 6.07) is 16.9. The van der Waals surface area contributed by atoms with Gasteiger partial charge in [0, 0.05) is 5.56 Å². The third kappa shape index (κ3) is 1.82. The van der Waals surface area contributed by atoms with Crippen molar-refractivity contribution < 1.29 is 4.79 Å². The molecule has 1 heterocycles. The van der Waals surface area contributed by atoms with E-state index >= 15 is 0 Å². The van der Waals surface area contributed by atoms with Crippen molar-refractivity contribution in [1.82, 2.24) is 15.0 Å². The van der Waals surface area contributed by atoms with Crippen LogP contribution in [0.5, 0.6) is 0 Å². The summed E-state index contributed by atoms with van der Waals surface area (Å²) < 4.78 is 0. The molecular weight excluding hydrogens is 288 g/mol. The predicted octanol–water partition coefficient (Wildman–Crippen LogP) is 2.84. The fourth-order valence-corrected chi connectivity index (χ4v) is 3.01. The smallest absolute Gasteiger partial charge is 0.203 e. The summed E-state index contributed by atoms with van der Waals surface area (Å²) in [6.45, 7) is 1.91. The summed E-state index contributed by atoms with van der Waals surface area (Å²) in [5.41, 5.74) is 2.20. The third-order valence-electron chi connectivity index (χ3n) is 4.21. The van der Waals surface area contributed by atoms with Gasteiger partial charge >= 0.3 is 0 Å². The summed E-state index contributed by atoms with van der Waals surface area (Å²) in [5.74, 6) is -0.253. The summed E-state index contributed by atoms with van der Waals surface area (Å²) in [7, 11) is 0. The first-order chi connectivity index (χ1) is 11.1. The van der Waals surface area contributed by atoms with Crippen molar-refractivity contribution in [3.63, 3.8) is 0 Å². The predicted molar refractivity (Wildman–Crippen MR) is 84.7 cm³/mol. The first kappa shape index (κ1) is 13.4. The van der Waals surface area contributed by atoms with Crippen LogP contribution in [0.25, 0.3) is 11.0 Å². The molecule has 0 saturated heterocycles. The number of nitrogens with zero attached hydrogens (tertiary/aromatic N) is 4. The Morgan fingerprint density at radius 2 is 1.65 bits per heavy atom. The van der Waals surface area contributed by atoms with E-state index < -0.39 is 5.54 Å². The van der Waals surface area contributed by atoms with E-state index in [1.165, 1.54) is 0 Å². The second-order valence-electron chi connectivity index (χ2n) is 5.67. The highest BCUT2D eigenvalue weighted by Gasteiger charge is 2.38. The molecule has 4 rings (SSSR count). The molecule has 0 N–H and O–H groups in total. The van der Waals surface area contributed by atoms with Crippen LogP contribution in [-0.4, -0.2) is 20.8 Å². The zero-order valence-electron chi connectivity index (χ0n) is 12.4. The van der Waals surface area contributed by atoms with Gasteiger partial charge in [0.1, 0.15) is 22.6 Å². The molecule has 0 saturated carbocycles. The van der Waals surface area contributed by atoms with Crippen LogP contribution < -0.4 is 0 Å². The maximum absolute atomic E-state index is 12.4. The number of fused-ring (bicyclic) bond motifs is 2. The summed E-state index contributed by atoms with van der Waals surface area (Å²) in [6.07, 6.45) is 1.65. The van der Waals surface area contributed by atoms with E-state index in [1.807, 2.05) is 49.4 Å².